The minimum absolute atomic E-state index is 0.285. The third-order valence-corrected chi connectivity index (χ3v) is 4.26. The van der Waals surface area contributed by atoms with Crippen molar-refractivity contribution in [3.63, 3.8) is 0 Å². The van der Waals surface area contributed by atoms with Gasteiger partial charge in [0, 0.05) is 13.1 Å². The van der Waals surface area contributed by atoms with Crippen LogP contribution in [0.4, 0.5) is 9.59 Å². The van der Waals surface area contributed by atoms with Gasteiger partial charge in [-0.05, 0) is 39.7 Å². The molecule has 0 fully saturated rings. The van der Waals surface area contributed by atoms with Gasteiger partial charge in [0.2, 0.25) is 0 Å². The number of hydrogen-bond donors (Lipinski definition) is 4. The zero-order chi connectivity index (χ0) is 19.3. The molecule has 0 heterocycles. The lowest BCUT2D eigenvalue weighted by Gasteiger charge is -2.38. The standard InChI is InChI=1S/C17H36N4O4/c1-5-7-11-20-15(22)24-13(3)17(19,9-10-18)14(4)25-16(23)21-12-8-6-2/h13-14H,5-12,18-19H2,1-4H3,(H,20,22)(H,21,23). The molecule has 0 spiro atoms. The summed E-state index contributed by atoms with van der Waals surface area (Å²) in [7, 11) is 0. The minimum atomic E-state index is -1.07. The Labute approximate surface area is 151 Å². The molecule has 2 atom stereocenters. The molecule has 0 saturated heterocycles. The molecule has 0 bridgehead atoms. The van der Waals surface area contributed by atoms with E-state index < -0.39 is 29.9 Å². The van der Waals surface area contributed by atoms with Crippen molar-refractivity contribution in [2.45, 2.75) is 77.5 Å². The Balaban J connectivity index is 4.71. The van der Waals surface area contributed by atoms with Crippen molar-refractivity contribution in [2.24, 2.45) is 11.5 Å². The molecule has 0 saturated carbocycles. The van der Waals surface area contributed by atoms with Crippen LogP contribution in [0.1, 0.15) is 59.8 Å². The fraction of sp³-hybridized carbons (Fsp3) is 0.882. The van der Waals surface area contributed by atoms with Crippen LogP contribution in [0.5, 0.6) is 0 Å². The highest BCUT2D eigenvalue weighted by Gasteiger charge is 2.41. The number of nitrogens with two attached hydrogens (primary N) is 2. The first-order chi connectivity index (χ1) is 11.8. The van der Waals surface area contributed by atoms with Gasteiger partial charge in [-0.1, -0.05) is 26.7 Å². The van der Waals surface area contributed by atoms with Gasteiger partial charge >= 0.3 is 12.2 Å². The van der Waals surface area contributed by atoms with Gasteiger partial charge in [0.1, 0.15) is 12.2 Å². The summed E-state index contributed by atoms with van der Waals surface area (Å²) in [5, 5.41) is 5.35. The van der Waals surface area contributed by atoms with Crippen LogP contribution in [-0.4, -0.2) is 49.6 Å². The monoisotopic (exact) mass is 360 g/mol. The Bertz CT molecular complexity index is 363. The SMILES string of the molecule is CCCCNC(=O)OC(C)C(N)(CCN)C(C)OC(=O)NCCCC. The first-order valence-corrected chi connectivity index (χ1v) is 9.19. The summed E-state index contributed by atoms with van der Waals surface area (Å²) in [5.74, 6) is 0. The smallest absolute Gasteiger partial charge is 0.407 e. The van der Waals surface area contributed by atoms with Crippen LogP contribution in [0.2, 0.25) is 0 Å². The Morgan fingerprint density at radius 3 is 1.68 bits per heavy atom. The lowest BCUT2D eigenvalue weighted by atomic mass is 9.85. The van der Waals surface area contributed by atoms with Gasteiger partial charge in [-0.3, -0.25) is 0 Å². The molecule has 0 aromatic rings. The molecule has 25 heavy (non-hydrogen) atoms. The molecule has 0 radical (unpaired) electrons. The van der Waals surface area contributed by atoms with Gasteiger partial charge in [0.15, 0.2) is 0 Å². The van der Waals surface area contributed by atoms with Gasteiger partial charge in [-0.2, -0.15) is 0 Å². The van der Waals surface area contributed by atoms with E-state index in [4.69, 9.17) is 20.9 Å². The maximum absolute atomic E-state index is 11.9. The van der Waals surface area contributed by atoms with Crippen molar-refractivity contribution >= 4 is 12.2 Å². The average molecular weight is 360 g/mol. The summed E-state index contributed by atoms with van der Waals surface area (Å²) >= 11 is 0. The van der Waals surface area contributed by atoms with Gasteiger partial charge in [0.25, 0.3) is 0 Å². The number of ether oxygens (including phenoxy) is 2. The third-order valence-electron chi connectivity index (χ3n) is 4.26. The molecule has 148 valence electrons. The maximum Gasteiger partial charge on any atom is 0.407 e. The number of unbranched alkanes of at least 4 members (excludes halogenated alkanes) is 2. The average Bonchev–Trinajstić information content (AvgIpc) is 2.55. The van der Waals surface area contributed by atoms with E-state index in [-0.39, 0.29) is 6.54 Å². The van der Waals surface area contributed by atoms with Gasteiger partial charge in [-0.25, -0.2) is 9.59 Å². The fourth-order valence-electron chi connectivity index (χ4n) is 2.35. The van der Waals surface area contributed by atoms with Crippen molar-refractivity contribution in [3.8, 4) is 0 Å². The van der Waals surface area contributed by atoms with Gasteiger partial charge in [-0.15, -0.1) is 0 Å². The molecular formula is C17H36N4O4. The van der Waals surface area contributed by atoms with Crippen LogP contribution < -0.4 is 22.1 Å². The van der Waals surface area contributed by atoms with E-state index in [1.807, 2.05) is 13.8 Å². The number of amides is 2. The predicted molar refractivity (Wildman–Crippen MR) is 98.3 cm³/mol. The normalized spacial score (nSPS) is 15.6. The third kappa shape index (κ3) is 8.92. The summed E-state index contributed by atoms with van der Waals surface area (Å²) in [6, 6.07) is 0. The van der Waals surface area contributed by atoms with Crippen LogP contribution in [0.25, 0.3) is 0 Å². The summed E-state index contributed by atoms with van der Waals surface area (Å²) in [6.45, 7) is 8.81. The summed E-state index contributed by atoms with van der Waals surface area (Å²) in [6.07, 6.45) is 1.63. The first kappa shape index (κ1) is 23.5. The molecule has 0 aliphatic carbocycles. The zero-order valence-corrected chi connectivity index (χ0v) is 16.1. The topological polar surface area (TPSA) is 129 Å². The van der Waals surface area contributed by atoms with Crippen LogP contribution in [0.15, 0.2) is 0 Å². The molecule has 0 aliphatic heterocycles. The molecule has 0 aliphatic rings. The van der Waals surface area contributed by atoms with E-state index in [0.717, 1.165) is 25.7 Å². The van der Waals surface area contributed by atoms with E-state index in [0.29, 0.717) is 19.5 Å². The molecule has 2 amide bonds. The second kappa shape index (κ2) is 12.8. The van der Waals surface area contributed by atoms with Crippen molar-refractivity contribution in [1.29, 1.82) is 0 Å². The first-order valence-electron chi connectivity index (χ1n) is 9.19. The Kier molecular flexibility index (Phi) is 12.0. The number of hydrogen-bond acceptors (Lipinski definition) is 6. The van der Waals surface area contributed by atoms with E-state index in [9.17, 15) is 9.59 Å². The minimum Gasteiger partial charge on any atom is -0.444 e. The molecule has 6 N–H and O–H groups in total. The quantitative estimate of drug-likeness (QED) is 0.393. The Hall–Kier alpha value is -1.54. The predicted octanol–water partition coefficient (Wildman–Crippen LogP) is 1.86. The van der Waals surface area contributed by atoms with E-state index in [1.165, 1.54) is 0 Å². The lowest BCUT2D eigenvalue weighted by Crippen LogP contribution is -2.61. The molecule has 0 aromatic carbocycles. The summed E-state index contributed by atoms with van der Waals surface area (Å²) in [4.78, 5) is 23.7. The second-order valence-corrected chi connectivity index (χ2v) is 6.31. The van der Waals surface area contributed by atoms with E-state index in [2.05, 4.69) is 10.6 Å². The maximum atomic E-state index is 11.9. The molecule has 0 rings (SSSR count). The Morgan fingerprint density at radius 1 is 0.960 bits per heavy atom. The number of rotatable bonds is 12. The number of nitrogens with one attached hydrogen (secondary N) is 2. The van der Waals surface area contributed by atoms with Crippen LogP contribution in [-0.2, 0) is 9.47 Å². The zero-order valence-electron chi connectivity index (χ0n) is 16.1. The molecular weight excluding hydrogens is 324 g/mol. The lowest BCUT2D eigenvalue weighted by molar-refractivity contribution is -0.0164. The highest BCUT2D eigenvalue weighted by molar-refractivity contribution is 5.68. The molecule has 8 nitrogen and oxygen atoms in total. The highest BCUT2D eigenvalue weighted by Crippen LogP contribution is 2.22. The van der Waals surface area contributed by atoms with E-state index in [1.54, 1.807) is 13.8 Å². The fourth-order valence-corrected chi connectivity index (χ4v) is 2.35. The van der Waals surface area contributed by atoms with Crippen molar-refractivity contribution < 1.29 is 19.1 Å². The highest BCUT2D eigenvalue weighted by atomic mass is 16.6. The van der Waals surface area contributed by atoms with Crippen molar-refractivity contribution in [2.75, 3.05) is 19.6 Å². The van der Waals surface area contributed by atoms with Crippen LogP contribution in [0, 0.1) is 0 Å². The molecule has 2 unspecified atom stereocenters. The van der Waals surface area contributed by atoms with Crippen molar-refractivity contribution in [3.05, 3.63) is 0 Å². The second-order valence-electron chi connectivity index (χ2n) is 6.31. The molecule has 0 aromatic heterocycles. The molecule has 8 heteroatoms. The number of carbonyl (C=O) groups is 2. The van der Waals surface area contributed by atoms with Crippen LogP contribution >= 0.6 is 0 Å². The Morgan fingerprint density at radius 2 is 1.36 bits per heavy atom. The van der Waals surface area contributed by atoms with Gasteiger partial charge in [0.05, 0.1) is 5.54 Å². The number of alkyl carbamates (subject to hydrolysis) is 2. The summed E-state index contributed by atoms with van der Waals surface area (Å²) in [5.41, 5.74) is 11.0. The van der Waals surface area contributed by atoms with Gasteiger partial charge < -0.3 is 31.6 Å². The van der Waals surface area contributed by atoms with Crippen LogP contribution in [0.3, 0.4) is 0 Å². The largest absolute Gasteiger partial charge is 0.444 e. The summed E-state index contributed by atoms with van der Waals surface area (Å²) < 4.78 is 10.7. The number of carbonyl (C=O) groups excluding carboxylic acids is 2. The van der Waals surface area contributed by atoms with E-state index >= 15 is 0 Å². The van der Waals surface area contributed by atoms with Crippen molar-refractivity contribution in [1.82, 2.24) is 10.6 Å².